The van der Waals surface area contributed by atoms with Crippen LogP contribution in [0.1, 0.15) is 29.4 Å². The van der Waals surface area contributed by atoms with E-state index in [1.165, 1.54) is 6.92 Å². The van der Waals surface area contributed by atoms with Gasteiger partial charge in [0.2, 0.25) is 15.9 Å². The Balaban J connectivity index is 2.25. The predicted molar refractivity (Wildman–Crippen MR) is 116 cm³/mol. The number of amides is 2. The molecule has 0 bridgehead atoms. The number of hydrogen-bond acceptors (Lipinski definition) is 9. The summed E-state index contributed by atoms with van der Waals surface area (Å²) in [6.45, 7) is 1.21. The SMILES string of the molecule is CC(=O)N[C@H](CC#N)[C@@H](O)[C@H](O)[C@H](Cc1ccccc1)NC(=O)c1coc(NS(C)(=O)=O)n1. The van der Waals surface area contributed by atoms with E-state index in [4.69, 9.17) is 9.68 Å². The molecule has 178 valence electrons. The van der Waals surface area contributed by atoms with Crippen molar-refractivity contribution in [2.75, 3.05) is 11.0 Å². The number of carbonyl (C=O) groups excluding carboxylic acids is 2. The van der Waals surface area contributed by atoms with Gasteiger partial charge in [0.25, 0.3) is 5.91 Å². The lowest BCUT2D eigenvalue weighted by atomic mass is 9.93. The van der Waals surface area contributed by atoms with Gasteiger partial charge in [-0.1, -0.05) is 30.3 Å². The molecule has 0 aliphatic heterocycles. The maximum atomic E-state index is 12.7. The number of rotatable bonds is 11. The quantitative estimate of drug-likeness (QED) is 0.283. The van der Waals surface area contributed by atoms with E-state index in [9.17, 15) is 28.2 Å². The number of nitrogens with one attached hydrogen (secondary N) is 3. The Bertz CT molecular complexity index is 1100. The molecule has 2 amide bonds. The largest absolute Gasteiger partial charge is 0.431 e. The summed E-state index contributed by atoms with van der Waals surface area (Å²) < 4.78 is 29.5. The first-order valence-electron chi connectivity index (χ1n) is 9.78. The zero-order valence-electron chi connectivity index (χ0n) is 17.9. The minimum atomic E-state index is -3.67. The number of aliphatic hydroxyl groups excluding tert-OH is 2. The number of nitrogens with zero attached hydrogens (tertiary/aromatic N) is 2. The van der Waals surface area contributed by atoms with E-state index in [2.05, 4.69) is 15.6 Å². The zero-order valence-corrected chi connectivity index (χ0v) is 18.7. The van der Waals surface area contributed by atoms with Crippen LogP contribution in [0.25, 0.3) is 0 Å². The molecule has 0 aliphatic carbocycles. The number of nitriles is 1. The minimum Gasteiger partial charge on any atom is -0.431 e. The van der Waals surface area contributed by atoms with Gasteiger partial charge in [0, 0.05) is 6.92 Å². The standard InChI is InChI=1S/C20H25N5O7S/c1-12(26)22-14(8-9-21)17(27)18(28)15(10-13-6-4-3-5-7-13)23-19(29)16-11-32-20(24-16)25-33(2,30)31/h3-7,11,14-15,17-18,27-28H,8,10H2,1-2H3,(H,22,26)(H,23,29)(H,24,25)/t14-,15+,17-,18-/m1/s1. The molecule has 0 saturated heterocycles. The average Bonchev–Trinajstić information content (AvgIpc) is 3.19. The van der Waals surface area contributed by atoms with Crippen LogP contribution < -0.4 is 15.4 Å². The van der Waals surface area contributed by atoms with Crippen LogP contribution in [0.2, 0.25) is 0 Å². The van der Waals surface area contributed by atoms with Gasteiger partial charge in [-0.15, -0.1) is 0 Å². The molecule has 4 atom stereocenters. The average molecular weight is 480 g/mol. The van der Waals surface area contributed by atoms with Gasteiger partial charge in [-0.2, -0.15) is 10.2 Å². The lowest BCUT2D eigenvalue weighted by Gasteiger charge is -2.31. The fraction of sp³-hybridized carbons (Fsp3) is 0.400. The molecule has 33 heavy (non-hydrogen) atoms. The molecule has 0 saturated carbocycles. The van der Waals surface area contributed by atoms with Crippen molar-refractivity contribution in [1.29, 1.82) is 5.26 Å². The summed E-state index contributed by atoms with van der Waals surface area (Å²) in [7, 11) is -3.67. The smallest absolute Gasteiger partial charge is 0.309 e. The number of carbonyl (C=O) groups is 2. The zero-order chi connectivity index (χ0) is 24.6. The second-order valence-electron chi connectivity index (χ2n) is 7.33. The highest BCUT2D eigenvalue weighted by Gasteiger charge is 2.34. The van der Waals surface area contributed by atoms with E-state index >= 15 is 0 Å². The van der Waals surface area contributed by atoms with E-state index in [1.807, 2.05) is 10.8 Å². The lowest BCUT2D eigenvalue weighted by molar-refractivity contribution is -0.121. The monoisotopic (exact) mass is 479 g/mol. The summed E-state index contributed by atoms with van der Waals surface area (Å²) in [5.41, 5.74) is 0.460. The van der Waals surface area contributed by atoms with Gasteiger partial charge in [0.1, 0.15) is 18.5 Å². The second kappa shape index (κ2) is 11.4. The molecular weight excluding hydrogens is 454 g/mol. The van der Waals surface area contributed by atoms with Crippen LogP contribution in [0.15, 0.2) is 41.0 Å². The highest BCUT2D eigenvalue weighted by Crippen LogP contribution is 2.15. The molecular formula is C20H25N5O7S. The van der Waals surface area contributed by atoms with Gasteiger partial charge in [-0.3, -0.25) is 9.59 Å². The van der Waals surface area contributed by atoms with Crippen molar-refractivity contribution in [2.24, 2.45) is 0 Å². The molecule has 0 spiro atoms. The molecule has 0 aliphatic rings. The first-order valence-corrected chi connectivity index (χ1v) is 11.7. The molecule has 0 fully saturated rings. The fourth-order valence-corrected chi connectivity index (χ4v) is 3.45. The van der Waals surface area contributed by atoms with E-state index in [-0.39, 0.29) is 18.5 Å². The van der Waals surface area contributed by atoms with Crippen molar-refractivity contribution in [2.45, 2.75) is 44.1 Å². The Morgan fingerprint density at radius 1 is 1.15 bits per heavy atom. The Morgan fingerprint density at radius 3 is 2.36 bits per heavy atom. The summed E-state index contributed by atoms with van der Waals surface area (Å²) in [6, 6.07) is 8.09. The molecule has 12 nitrogen and oxygen atoms in total. The molecule has 1 aromatic heterocycles. The third kappa shape index (κ3) is 8.19. The number of aromatic nitrogens is 1. The predicted octanol–water partition coefficient (Wildman–Crippen LogP) is -0.473. The lowest BCUT2D eigenvalue weighted by Crippen LogP contribution is -2.56. The van der Waals surface area contributed by atoms with Crippen LogP contribution in [-0.2, 0) is 21.2 Å². The molecule has 2 aromatic rings. The summed E-state index contributed by atoms with van der Waals surface area (Å²) in [4.78, 5) is 27.9. The van der Waals surface area contributed by atoms with Gasteiger partial charge >= 0.3 is 6.01 Å². The molecule has 13 heteroatoms. The summed E-state index contributed by atoms with van der Waals surface area (Å²) in [6.07, 6.45) is -1.52. The first-order chi connectivity index (χ1) is 15.5. The number of benzene rings is 1. The van der Waals surface area contributed by atoms with E-state index in [0.717, 1.165) is 18.1 Å². The summed E-state index contributed by atoms with van der Waals surface area (Å²) in [5, 5.41) is 35.4. The topological polar surface area (TPSA) is 195 Å². The van der Waals surface area contributed by atoms with Crippen molar-refractivity contribution in [3.05, 3.63) is 47.9 Å². The highest BCUT2D eigenvalue weighted by atomic mass is 32.2. The molecule has 0 unspecified atom stereocenters. The minimum absolute atomic E-state index is 0.0937. The van der Waals surface area contributed by atoms with Crippen molar-refractivity contribution in [3.8, 4) is 6.07 Å². The van der Waals surface area contributed by atoms with Crippen LogP contribution in [0.3, 0.4) is 0 Å². The highest BCUT2D eigenvalue weighted by molar-refractivity contribution is 7.91. The van der Waals surface area contributed by atoms with Crippen LogP contribution in [0, 0.1) is 11.3 Å². The van der Waals surface area contributed by atoms with Crippen LogP contribution in [0.5, 0.6) is 0 Å². The van der Waals surface area contributed by atoms with Crippen LogP contribution in [-0.4, -0.2) is 66.0 Å². The van der Waals surface area contributed by atoms with E-state index in [0.29, 0.717) is 0 Å². The maximum absolute atomic E-state index is 12.7. The van der Waals surface area contributed by atoms with Crippen LogP contribution >= 0.6 is 0 Å². The summed E-state index contributed by atoms with van der Waals surface area (Å²) >= 11 is 0. The molecule has 5 N–H and O–H groups in total. The fourth-order valence-electron chi connectivity index (χ4n) is 3.04. The van der Waals surface area contributed by atoms with Crippen LogP contribution in [0.4, 0.5) is 6.01 Å². The molecule has 0 radical (unpaired) electrons. The summed E-state index contributed by atoms with van der Waals surface area (Å²) in [5.74, 6) is -1.30. The second-order valence-corrected chi connectivity index (χ2v) is 9.08. The first kappa shape index (κ1) is 25.8. The number of aliphatic hydroxyl groups is 2. The Labute approximate surface area is 190 Å². The normalized spacial score (nSPS) is 14.9. The van der Waals surface area contributed by atoms with Crippen molar-refractivity contribution in [3.63, 3.8) is 0 Å². The number of hydrogen-bond donors (Lipinski definition) is 5. The van der Waals surface area contributed by atoms with E-state index in [1.54, 1.807) is 30.3 Å². The van der Waals surface area contributed by atoms with Crippen molar-refractivity contribution >= 4 is 27.9 Å². The third-order valence-electron chi connectivity index (χ3n) is 4.50. The Kier molecular flexibility index (Phi) is 8.92. The van der Waals surface area contributed by atoms with Crippen molar-refractivity contribution in [1.82, 2.24) is 15.6 Å². The number of oxazole rings is 1. The molecule has 1 heterocycles. The van der Waals surface area contributed by atoms with Gasteiger partial charge in [-0.05, 0) is 12.0 Å². The molecule has 2 rings (SSSR count). The van der Waals surface area contributed by atoms with Gasteiger partial charge in [0.05, 0.1) is 30.8 Å². The Morgan fingerprint density at radius 2 is 1.79 bits per heavy atom. The Hall–Kier alpha value is -3.47. The number of sulfonamides is 1. The third-order valence-corrected chi connectivity index (χ3v) is 5.04. The van der Waals surface area contributed by atoms with Gasteiger partial charge < -0.3 is 25.3 Å². The van der Waals surface area contributed by atoms with Crippen molar-refractivity contribution < 1.29 is 32.6 Å². The van der Waals surface area contributed by atoms with E-state index < -0.39 is 52.1 Å². The number of anilines is 1. The van der Waals surface area contributed by atoms with Gasteiger partial charge in [-0.25, -0.2) is 13.1 Å². The van der Waals surface area contributed by atoms with Gasteiger partial charge in [0.15, 0.2) is 5.69 Å². The molecule has 1 aromatic carbocycles. The maximum Gasteiger partial charge on any atom is 0.309 e.